The number of hydrogen-bond acceptors (Lipinski definition) is 5. The molecule has 0 saturated carbocycles. The molecule has 0 spiro atoms. The summed E-state index contributed by atoms with van der Waals surface area (Å²) in [6.45, 7) is 0.395. The fraction of sp³-hybridized carbons (Fsp3) is 0.316. The van der Waals surface area contributed by atoms with Gasteiger partial charge in [0.05, 0.1) is 6.10 Å². The first-order chi connectivity index (χ1) is 12.1. The van der Waals surface area contributed by atoms with Crippen LogP contribution in [0.5, 0.6) is 0 Å². The maximum Gasteiger partial charge on any atom is 0.407 e. The minimum atomic E-state index is -1.02. The number of anilines is 1. The van der Waals surface area contributed by atoms with E-state index < -0.39 is 18.3 Å². The van der Waals surface area contributed by atoms with Crippen molar-refractivity contribution in [1.82, 2.24) is 5.32 Å². The average Bonchev–Trinajstić information content (AvgIpc) is 2.66. The van der Waals surface area contributed by atoms with Gasteiger partial charge in [-0.05, 0) is 29.7 Å². The third-order valence-corrected chi connectivity index (χ3v) is 3.80. The zero-order valence-electron chi connectivity index (χ0n) is 14.2. The molecular weight excluding hydrogens is 320 g/mol. The Labute approximate surface area is 147 Å². The van der Waals surface area contributed by atoms with E-state index in [4.69, 9.17) is 4.74 Å². The third kappa shape index (κ3) is 6.10. The maximum absolute atomic E-state index is 11.6. The topological polar surface area (TPSA) is 90.8 Å². The van der Waals surface area contributed by atoms with Gasteiger partial charge in [0, 0.05) is 19.3 Å². The molecule has 0 aliphatic carbocycles. The van der Waals surface area contributed by atoms with Crippen LogP contribution in [0.15, 0.2) is 54.6 Å². The molecule has 134 valence electrons. The highest BCUT2D eigenvalue weighted by Crippen LogP contribution is 2.21. The number of rotatable bonds is 8. The van der Waals surface area contributed by atoms with Crippen molar-refractivity contribution in [3.8, 4) is 0 Å². The lowest BCUT2D eigenvalue weighted by molar-refractivity contribution is 0.0136. The first kappa shape index (κ1) is 18.8. The van der Waals surface area contributed by atoms with Crippen molar-refractivity contribution in [1.29, 1.82) is 0 Å². The van der Waals surface area contributed by atoms with Crippen LogP contribution in [0.2, 0.25) is 0 Å². The van der Waals surface area contributed by atoms with Gasteiger partial charge in [-0.2, -0.15) is 0 Å². The van der Waals surface area contributed by atoms with E-state index >= 15 is 0 Å². The zero-order chi connectivity index (χ0) is 18.1. The Hall–Kier alpha value is -2.57. The molecule has 2 atom stereocenters. The smallest absolute Gasteiger partial charge is 0.407 e. The number of hydrogen-bond donors (Lipinski definition) is 4. The summed E-state index contributed by atoms with van der Waals surface area (Å²) in [5, 5.41) is 25.8. The summed E-state index contributed by atoms with van der Waals surface area (Å²) in [6.07, 6.45) is -2.34. The minimum Gasteiger partial charge on any atom is -0.445 e. The lowest BCUT2D eigenvalue weighted by Gasteiger charge is -2.19. The lowest BCUT2D eigenvalue weighted by atomic mass is 10.0. The van der Waals surface area contributed by atoms with Crippen LogP contribution in [-0.2, 0) is 11.3 Å². The molecule has 6 heteroatoms. The van der Waals surface area contributed by atoms with Crippen molar-refractivity contribution >= 4 is 11.8 Å². The fourth-order valence-electron chi connectivity index (χ4n) is 2.35. The van der Waals surface area contributed by atoms with Crippen molar-refractivity contribution in [3.63, 3.8) is 0 Å². The Bertz CT molecular complexity index is 663. The van der Waals surface area contributed by atoms with Gasteiger partial charge in [-0.15, -0.1) is 0 Å². The van der Waals surface area contributed by atoms with Crippen molar-refractivity contribution < 1.29 is 19.7 Å². The Morgan fingerprint density at radius 2 is 1.88 bits per heavy atom. The van der Waals surface area contributed by atoms with Crippen LogP contribution in [0.3, 0.4) is 0 Å². The van der Waals surface area contributed by atoms with Crippen LogP contribution in [0.4, 0.5) is 10.5 Å². The summed E-state index contributed by atoms with van der Waals surface area (Å²) in [7, 11) is 1.78. The number of aliphatic hydroxyl groups is 2. The number of alkyl carbamates (subject to hydrolysis) is 1. The minimum absolute atomic E-state index is 0.189. The number of aliphatic hydroxyl groups excluding tert-OH is 2. The molecular formula is C19H24N2O4. The molecule has 0 radical (unpaired) electrons. The first-order valence-electron chi connectivity index (χ1n) is 8.18. The zero-order valence-corrected chi connectivity index (χ0v) is 14.2. The summed E-state index contributed by atoms with van der Waals surface area (Å²) in [4.78, 5) is 11.6. The van der Waals surface area contributed by atoms with Crippen LogP contribution < -0.4 is 10.6 Å². The molecule has 0 aliphatic rings. The molecule has 6 nitrogen and oxygen atoms in total. The molecule has 2 aromatic rings. The van der Waals surface area contributed by atoms with Crippen LogP contribution in [0.25, 0.3) is 0 Å². The lowest BCUT2D eigenvalue weighted by Crippen LogP contribution is -2.29. The Morgan fingerprint density at radius 1 is 1.12 bits per heavy atom. The molecule has 0 aromatic heterocycles. The Balaban J connectivity index is 1.71. The number of carbonyl (C=O) groups is 1. The van der Waals surface area contributed by atoms with E-state index in [0.717, 1.165) is 11.3 Å². The van der Waals surface area contributed by atoms with E-state index in [0.29, 0.717) is 5.56 Å². The third-order valence-electron chi connectivity index (χ3n) is 3.80. The summed E-state index contributed by atoms with van der Waals surface area (Å²) >= 11 is 0. The molecule has 25 heavy (non-hydrogen) atoms. The molecule has 2 rings (SSSR count). The van der Waals surface area contributed by atoms with E-state index in [9.17, 15) is 15.0 Å². The number of carbonyl (C=O) groups excluding carboxylic acids is 1. The highest BCUT2D eigenvalue weighted by atomic mass is 16.5. The highest BCUT2D eigenvalue weighted by Gasteiger charge is 2.18. The van der Waals surface area contributed by atoms with Crippen molar-refractivity contribution in [2.45, 2.75) is 25.2 Å². The van der Waals surface area contributed by atoms with Crippen molar-refractivity contribution in [3.05, 3.63) is 65.7 Å². The number of nitrogens with one attached hydrogen (secondary N) is 2. The van der Waals surface area contributed by atoms with Crippen LogP contribution in [0, 0.1) is 0 Å². The second kappa shape index (κ2) is 9.66. The molecule has 0 aliphatic heterocycles. The molecule has 2 aromatic carbocycles. The van der Waals surface area contributed by atoms with Gasteiger partial charge < -0.3 is 25.6 Å². The fourth-order valence-corrected chi connectivity index (χ4v) is 2.35. The van der Waals surface area contributed by atoms with Gasteiger partial charge in [0.1, 0.15) is 12.7 Å². The molecule has 1 amide bonds. The second-order valence-electron chi connectivity index (χ2n) is 5.66. The van der Waals surface area contributed by atoms with Gasteiger partial charge in [-0.3, -0.25) is 0 Å². The molecule has 0 heterocycles. The van der Waals surface area contributed by atoms with Crippen LogP contribution >= 0.6 is 0 Å². The van der Waals surface area contributed by atoms with Crippen molar-refractivity contribution in [2.75, 3.05) is 18.9 Å². The largest absolute Gasteiger partial charge is 0.445 e. The van der Waals surface area contributed by atoms with E-state index in [1.54, 1.807) is 25.2 Å². The normalized spacial score (nSPS) is 12.9. The SMILES string of the molecule is CNc1cccc(C(O)C(O)CCNC(=O)OCc2ccccc2)c1. The van der Waals surface area contributed by atoms with E-state index in [-0.39, 0.29) is 19.6 Å². The summed E-state index contributed by atoms with van der Waals surface area (Å²) in [5.74, 6) is 0. The Kier molecular flexibility index (Phi) is 7.25. The molecule has 2 unspecified atom stereocenters. The van der Waals surface area contributed by atoms with Gasteiger partial charge in [0.25, 0.3) is 0 Å². The number of benzene rings is 2. The quantitative estimate of drug-likeness (QED) is 0.590. The first-order valence-corrected chi connectivity index (χ1v) is 8.18. The summed E-state index contributed by atoms with van der Waals surface area (Å²) in [5.41, 5.74) is 2.37. The van der Waals surface area contributed by atoms with Gasteiger partial charge in [0.2, 0.25) is 0 Å². The van der Waals surface area contributed by atoms with E-state index in [1.165, 1.54) is 0 Å². The summed E-state index contributed by atoms with van der Waals surface area (Å²) in [6, 6.07) is 16.6. The number of ether oxygens (including phenoxy) is 1. The Morgan fingerprint density at radius 3 is 2.60 bits per heavy atom. The standard InChI is InChI=1S/C19H24N2O4/c1-20-16-9-5-8-15(12-16)18(23)17(22)10-11-21-19(24)25-13-14-6-3-2-4-7-14/h2-9,12,17-18,20,22-23H,10-11,13H2,1H3,(H,21,24). The molecule has 0 saturated heterocycles. The predicted octanol–water partition coefficient (Wildman–Crippen LogP) is 2.44. The van der Waals surface area contributed by atoms with Crippen LogP contribution in [-0.4, -0.2) is 36.0 Å². The van der Waals surface area contributed by atoms with E-state index in [2.05, 4.69) is 10.6 Å². The van der Waals surface area contributed by atoms with Gasteiger partial charge in [-0.1, -0.05) is 42.5 Å². The molecule has 4 N–H and O–H groups in total. The number of amides is 1. The van der Waals surface area contributed by atoms with Gasteiger partial charge >= 0.3 is 6.09 Å². The average molecular weight is 344 g/mol. The van der Waals surface area contributed by atoms with Gasteiger partial charge in [0.15, 0.2) is 0 Å². The molecule has 0 bridgehead atoms. The maximum atomic E-state index is 11.6. The summed E-state index contributed by atoms with van der Waals surface area (Å²) < 4.78 is 5.08. The molecule has 0 fully saturated rings. The van der Waals surface area contributed by atoms with Crippen LogP contribution in [0.1, 0.15) is 23.7 Å². The van der Waals surface area contributed by atoms with Crippen molar-refractivity contribution in [2.24, 2.45) is 0 Å². The predicted molar refractivity (Wildman–Crippen MR) is 96.2 cm³/mol. The second-order valence-corrected chi connectivity index (χ2v) is 5.66. The monoisotopic (exact) mass is 344 g/mol. The highest BCUT2D eigenvalue weighted by molar-refractivity contribution is 5.67. The van der Waals surface area contributed by atoms with E-state index in [1.807, 2.05) is 36.4 Å². The van der Waals surface area contributed by atoms with Gasteiger partial charge in [-0.25, -0.2) is 4.79 Å².